The van der Waals surface area contributed by atoms with E-state index in [0.717, 1.165) is 0 Å². The molecule has 14 heavy (non-hydrogen) atoms. The van der Waals surface area contributed by atoms with Crippen molar-refractivity contribution in [1.29, 1.82) is 0 Å². The molecule has 0 heterocycles. The van der Waals surface area contributed by atoms with Crippen LogP contribution in [0.2, 0.25) is 10.0 Å². The monoisotopic (exact) mass is 255 g/mol. The molecule has 0 aliphatic carbocycles. The van der Waals surface area contributed by atoms with Gasteiger partial charge in [-0.25, -0.2) is 8.42 Å². The van der Waals surface area contributed by atoms with Crippen LogP contribution >= 0.6 is 23.2 Å². The van der Waals surface area contributed by atoms with Crippen LogP contribution in [0.15, 0.2) is 18.2 Å². The van der Waals surface area contributed by atoms with Crippen molar-refractivity contribution in [2.45, 2.75) is 5.75 Å². The SMILES string of the molecule is O=S(=O)(Cc1cc(Cl)ccc1Cl)NO. The predicted molar refractivity (Wildman–Crippen MR) is 54.0 cm³/mol. The first kappa shape index (κ1) is 11.7. The minimum Gasteiger partial charge on any atom is -0.302 e. The number of halogens is 2. The molecule has 1 aromatic rings. The van der Waals surface area contributed by atoms with Crippen LogP contribution in [0.25, 0.3) is 0 Å². The van der Waals surface area contributed by atoms with E-state index in [9.17, 15) is 8.42 Å². The normalized spacial score (nSPS) is 11.6. The van der Waals surface area contributed by atoms with Gasteiger partial charge in [-0.2, -0.15) is 0 Å². The highest BCUT2D eigenvalue weighted by Crippen LogP contribution is 2.22. The maximum Gasteiger partial charge on any atom is 0.237 e. The molecule has 0 amide bonds. The van der Waals surface area contributed by atoms with Gasteiger partial charge in [0.15, 0.2) is 0 Å². The van der Waals surface area contributed by atoms with Crippen LogP contribution in [0.1, 0.15) is 5.56 Å². The lowest BCUT2D eigenvalue weighted by atomic mass is 10.2. The molecule has 78 valence electrons. The number of hydrogen-bond acceptors (Lipinski definition) is 3. The van der Waals surface area contributed by atoms with Crippen molar-refractivity contribution in [2.75, 3.05) is 0 Å². The largest absolute Gasteiger partial charge is 0.302 e. The lowest BCUT2D eigenvalue weighted by Crippen LogP contribution is -2.21. The molecule has 0 bridgehead atoms. The molecule has 0 aliphatic rings. The van der Waals surface area contributed by atoms with E-state index in [2.05, 4.69) is 0 Å². The van der Waals surface area contributed by atoms with Gasteiger partial charge >= 0.3 is 0 Å². The average molecular weight is 256 g/mol. The second-order valence-corrected chi connectivity index (χ2v) is 5.13. The van der Waals surface area contributed by atoms with Gasteiger partial charge in [-0.3, -0.25) is 0 Å². The lowest BCUT2D eigenvalue weighted by molar-refractivity contribution is 0.242. The first-order valence-corrected chi connectivity index (χ1v) is 5.93. The highest BCUT2D eigenvalue weighted by molar-refractivity contribution is 7.88. The predicted octanol–water partition coefficient (Wildman–Crippen LogP) is 1.80. The molecule has 0 unspecified atom stereocenters. The second kappa shape index (κ2) is 4.46. The summed E-state index contributed by atoms with van der Waals surface area (Å²) in [5, 5.41) is 8.97. The van der Waals surface area contributed by atoms with Crippen LogP contribution in [0, 0.1) is 0 Å². The standard InChI is InChI=1S/C7H7Cl2NO3S/c8-6-1-2-7(9)5(3-6)4-14(12,13)10-11/h1-3,10-11H,4H2. The van der Waals surface area contributed by atoms with Crippen molar-refractivity contribution in [3.8, 4) is 0 Å². The van der Waals surface area contributed by atoms with E-state index in [1.807, 2.05) is 0 Å². The maximum atomic E-state index is 11.0. The second-order valence-electron chi connectivity index (χ2n) is 2.59. The Kier molecular flexibility index (Phi) is 3.74. The van der Waals surface area contributed by atoms with Crippen molar-refractivity contribution in [3.05, 3.63) is 33.8 Å². The molecule has 4 nitrogen and oxygen atoms in total. The number of rotatable bonds is 3. The maximum absolute atomic E-state index is 11.0. The molecule has 0 fully saturated rings. The van der Waals surface area contributed by atoms with Gasteiger partial charge in [0.25, 0.3) is 0 Å². The van der Waals surface area contributed by atoms with Crippen LogP contribution in [0.5, 0.6) is 0 Å². The van der Waals surface area contributed by atoms with E-state index in [1.54, 1.807) is 6.07 Å². The van der Waals surface area contributed by atoms with Crippen molar-refractivity contribution < 1.29 is 13.6 Å². The van der Waals surface area contributed by atoms with E-state index in [-0.39, 0.29) is 5.02 Å². The van der Waals surface area contributed by atoms with E-state index in [1.165, 1.54) is 17.0 Å². The number of benzene rings is 1. The summed E-state index contributed by atoms with van der Waals surface area (Å²) in [5.74, 6) is -0.414. The van der Waals surface area contributed by atoms with Gasteiger partial charge in [-0.1, -0.05) is 28.1 Å². The molecular formula is C7H7Cl2NO3S. The third kappa shape index (κ3) is 3.11. The summed E-state index contributed by atoms with van der Waals surface area (Å²) in [5.41, 5.74) is 0.334. The van der Waals surface area contributed by atoms with Gasteiger partial charge in [-0.05, 0) is 23.8 Å². The average Bonchev–Trinajstić information content (AvgIpc) is 2.11. The third-order valence-corrected chi connectivity index (χ3v) is 3.07. The van der Waals surface area contributed by atoms with Crippen LogP contribution in [0.3, 0.4) is 0 Å². The first-order chi connectivity index (χ1) is 6.44. The Hall–Kier alpha value is -0.330. The van der Waals surface area contributed by atoms with Crippen molar-refractivity contribution >= 4 is 33.2 Å². The molecule has 0 aliphatic heterocycles. The molecule has 2 N–H and O–H groups in total. The fourth-order valence-corrected chi connectivity index (χ4v) is 2.06. The molecule has 1 rings (SSSR count). The van der Waals surface area contributed by atoms with Crippen LogP contribution in [-0.2, 0) is 15.8 Å². The van der Waals surface area contributed by atoms with Gasteiger partial charge in [0.1, 0.15) is 0 Å². The highest BCUT2D eigenvalue weighted by Gasteiger charge is 2.12. The smallest absolute Gasteiger partial charge is 0.237 e. The summed E-state index contributed by atoms with van der Waals surface area (Å²) < 4.78 is 21.9. The van der Waals surface area contributed by atoms with Gasteiger partial charge in [0, 0.05) is 10.0 Å². The Balaban J connectivity index is 3.03. The Morgan fingerprint density at radius 3 is 2.57 bits per heavy atom. The van der Waals surface area contributed by atoms with E-state index in [4.69, 9.17) is 28.4 Å². The Morgan fingerprint density at radius 2 is 2.00 bits per heavy atom. The fraction of sp³-hybridized carbons (Fsp3) is 0.143. The number of hydrogen-bond donors (Lipinski definition) is 2. The highest BCUT2D eigenvalue weighted by atomic mass is 35.5. The Bertz CT molecular complexity index is 433. The summed E-state index contributed by atoms with van der Waals surface area (Å²) >= 11 is 11.4. The molecule has 1 aromatic carbocycles. The summed E-state index contributed by atoms with van der Waals surface area (Å²) in [6.45, 7) is 0. The van der Waals surface area contributed by atoms with Gasteiger partial charge < -0.3 is 5.21 Å². The number of nitrogens with one attached hydrogen (secondary N) is 1. The molecule has 0 radical (unpaired) electrons. The van der Waals surface area contributed by atoms with Crippen LogP contribution in [-0.4, -0.2) is 13.6 Å². The molecule has 7 heteroatoms. The molecule has 0 aromatic heterocycles. The van der Waals surface area contributed by atoms with E-state index >= 15 is 0 Å². The van der Waals surface area contributed by atoms with Crippen molar-refractivity contribution in [3.63, 3.8) is 0 Å². The fourth-order valence-electron chi connectivity index (χ4n) is 0.891. The summed E-state index contributed by atoms with van der Waals surface area (Å²) in [6.07, 6.45) is 0. The molecular weight excluding hydrogens is 249 g/mol. The first-order valence-electron chi connectivity index (χ1n) is 3.52. The third-order valence-electron chi connectivity index (χ3n) is 1.49. The molecule has 0 saturated heterocycles. The molecule has 0 saturated carbocycles. The minimum absolute atomic E-state index is 0.285. The minimum atomic E-state index is -3.75. The zero-order valence-corrected chi connectivity index (χ0v) is 9.20. The molecule has 0 atom stereocenters. The van der Waals surface area contributed by atoms with Crippen molar-refractivity contribution in [2.24, 2.45) is 0 Å². The van der Waals surface area contributed by atoms with Gasteiger partial charge in [0.05, 0.1) is 5.75 Å². The summed E-state index contributed by atoms with van der Waals surface area (Å²) in [7, 11) is -3.75. The topological polar surface area (TPSA) is 66.4 Å². The number of sulfonamides is 1. The quantitative estimate of drug-likeness (QED) is 0.810. The van der Waals surface area contributed by atoms with E-state index < -0.39 is 15.8 Å². The van der Waals surface area contributed by atoms with Crippen LogP contribution in [0.4, 0.5) is 0 Å². The van der Waals surface area contributed by atoms with E-state index in [0.29, 0.717) is 10.6 Å². The summed E-state index contributed by atoms with van der Waals surface area (Å²) in [4.78, 5) is 1.21. The zero-order chi connectivity index (χ0) is 10.8. The van der Waals surface area contributed by atoms with Gasteiger partial charge in [0.2, 0.25) is 10.0 Å². The molecule has 0 spiro atoms. The summed E-state index contributed by atoms with van der Waals surface area (Å²) in [6, 6.07) is 4.47. The lowest BCUT2D eigenvalue weighted by Gasteiger charge is -2.04. The Labute approximate surface area is 91.5 Å². The zero-order valence-electron chi connectivity index (χ0n) is 6.87. The van der Waals surface area contributed by atoms with Crippen molar-refractivity contribution in [1.82, 2.24) is 4.89 Å². The van der Waals surface area contributed by atoms with Gasteiger partial charge in [-0.15, -0.1) is 0 Å². The van der Waals surface area contributed by atoms with Crippen LogP contribution < -0.4 is 4.89 Å². The Morgan fingerprint density at radius 1 is 1.36 bits per heavy atom.